The van der Waals surface area contributed by atoms with Gasteiger partial charge in [-0.2, -0.15) is 5.26 Å². The van der Waals surface area contributed by atoms with E-state index in [9.17, 15) is 14.9 Å². The van der Waals surface area contributed by atoms with Crippen molar-refractivity contribution in [3.05, 3.63) is 84.2 Å². The highest BCUT2D eigenvalue weighted by Gasteiger charge is 2.28. The number of hydrogen-bond acceptors (Lipinski definition) is 6. The van der Waals surface area contributed by atoms with Crippen molar-refractivity contribution in [2.45, 2.75) is 39.2 Å². The Labute approximate surface area is 239 Å². The van der Waals surface area contributed by atoms with E-state index < -0.39 is 11.9 Å². The van der Waals surface area contributed by atoms with Gasteiger partial charge in [-0.15, -0.1) is 11.3 Å². The molecule has 2 aromatic carbocycles. The van der Waals surface area contributed by atoms with Crippen molar-refractivity contribution in [3.8, 4) is 11.8 Å². The topological polar surface area (TPSA) is 88.4 Å². The molecule has 3 aromatic rings. The number of anilines is 1. The van der Waals surface area contributed by atoms with E-state index in [2.05, 4.69) is 5.32 Å². The Kier molecular flexibility index (Phi) is 9.35. The van der Waals surface area contributed by atoms with Gasteiger partial charge in [0.2, 0.25) is 0 Å². The number of rotatable bonds is 8. The number of amides is 1. The van der Waals surface area contributed by atoms with E-state index >= 15 is 0 Å². The largest absolute Gasteiger partial charge is 0.488 e. The summed E-state index contributed by atoms with van der Waals surface area (Å²) in [5.41, 5.74) is 2.36. The monoisotopic (exact) mass is 588 g/mol. The first kappa shape index (κ1) is 28.0. The molecule has 0 saturated heterocycles. The van der Waals surface area contributed by atoms with Crippen LogP contribution in [-0.4, -0.2) is 18.5 Å². The highest BCUT2D eigenvalue weighted by Crippen LogP contribution is 2.39. The van der Waals surface area contributed by atoms with Crippen molar-refractivity contribution in [1.29, 1.82) is 5.26 Å². The van der Waals surface area contributed by atoms with Gasteiger partial charge in [-0.05, 0) is 80.1 Å². The van der Waals surface area contributed by atoms with Crippen molar-refractivity contribution in [2.24, 2.45) is 0 Å². The summed E-state index contributed by atoms with van der Waals surface area (Å²) in [5, 5.41) is 14.2. The Hall–Kier alpha value is -3.02. The maximum absolute atomic E-state index is 13.2. The van der Waals surface area contributed by atoms with Crippen molar-refractivity contribution in [1.82, 2.24) is 0 Å². The Morgan fingerprint density at radius 3 is 2.63 bits per heavy atom. The average Bonchev–Trinajstić information content (AvgIpc) is 3.26. The second kappa shape index (κ2) is 12.7. The molecule has 0 fully saturated rings. The van der Waals surface area contributed by atoms with Crippen LogP contribution in [0.25, 0.3) is 6.08 Å². The first-order valence-corrected chi connectivity index (χ1v) is 13.9. The van der Waals surface area contributed by atoms with Crippen LogP contribution in [0.1, 0.15) is 51.7 Å². The van der Waals surface area contributed by atoms with Crippen molar-refractivity contribution >= 4 is 69.1 Å². The molecule has 0 unspecified atom stereocenters. The molecular weight excluding hydrogens is 567 g/mol. The summed E-state index contributed by atoms with van der Waals surface area (Å²) in [5.74, 6) is -0.704. The van der Waals surface area contributed by atoms with E-state index in [0.29, 0.717) is 36.9 Å². The third kappa shape index (κ3) is 6.51. The SMILES string of the molecule is CCOC(=O)c1c(NC(=O)/C(C#N)=C/c2cc(Cl)ccc2OCc2ccc(Cl)c(Cl)c2)sc2c1CCCC2. The Balaban J connectivity index is 1.60. The maximum Gasteiger partial charge on any atom is 0.341 e. The smallest absolute Gasteiger partial charge is 0.341 e. The van der Waals surface area contributed by atoms with Gasteiger partial charge >= 0.3 is 5.97 Å². The van der Waals surface area contributed by atoms with E-state index in [1.807, 2.05) is 6.07 Å². The van der Waals surface area contributed by atoms with Crippen LogP contribution in [0.5, 0.6) is 5.75 Å². The highest BCUT2D eigenvalue weighted by atomic mass is 35.5. The van der Waals surface area contributed by atoms with E-state index in [4.69, 9.17) is 44.3 Å². The lowest BCUT2D eigenvalue weighted by Crippen LogP contribution is -2.16. The summed E-state index contributed by atoms with van der Waals surface area (Å²) >= 11 is 19.6. The van der Waals surface area contributed by atoms with Gasteiger partial charge in [-0.1, -0.05) is 40.9 Å². The molecule has 6 nitrogen and oxygen atoms in total. The number of esters is 1. The minimum atomic E-state index is -0.646. The molecule has 0 radical (unpaired) electrons. The van der Waals surface area contributed by atoms with Crippen molar-refractivity contribution in [3.63, 3.8) is 0 Å². The number of fused-ring (bicyclic) bond motifs is 1. The van der Waals surface area contributed by atoms with Crippen molar-refractivity contribution < 1.29 is 19.1 Å². The molecule has 0 aliphatic heterocycles. The van der Waals surface area contributed by atoms with Gasteiger partial charge in [-0.3, -0.25) is 4.79 Å². The van der Waals surface area contributed by atoms with Crippen LogP contribution < -0.4 is 10.1 Å². The Bertz CT molecular complexity index is 1460. The molecule has 0 bridgehead atoms. The molecule has 10 heteroatoms. The lowest BCUT2D eigenvalue weighted by Gasteiger charge is -2.12. The summed E-state index contributed by atoms with van der Waals surface area (Å²) in [6, 6.07) is 12.0. The lowest BCUT2D eigenvalue weighted by molar-refractivity contribution is -0.112. The standard InChI is InChI=1S/C28H23Cl3N2O4S/c1-2-36-28(35)25-20-5-3-4-6-24(20)38-27(25)33-26(34)18(14-32)12-17-13-19(29)8-10-23(17)37-15-16-7-9-21(30)22(31)11-16/h7-13H,2-6,15H2,1H3,(H,33,34)/b18-12+. The van der Waals surface area contributed by atoms with E-state index in [1.165, 1.54) is 17.4 Å². The van der Waals surface area contributed by atoms with Crippen LogP contribution in [0, 0.1) is 11.3 Å². The number of nitriles is 1. The van der Waals surface area contributed by atoms with E-state index in [1.54, 1.807) is 43.3 Å². The zero-order valence-corrected chi connectivity index (χ0v) is 23.5. The number of thiophene rings is 1. The fourth-order valence-electron chi connectivity index (χ4n) is 4.10. The molecule has 1 N–H and O–H groups in total. The van der Waals surface area contributed by atoms with Gasteiger partial charge in [0.1, 0.15) is 29.0 Å². The molecule has 0 spiro atoms. The van der Waals surface area contributed by atoms with E-state index in [0.717, 1.165) is 41.7 Å². The zero-order valence-electron chi connectivity index (χ0n) is 20.4. The molecule has 0 saturated carbocycles. The number of nitrogens with zero attached hydrogens (tertiary/aromatic N) is 1. The number of halogens is 3. The Morgan fingerprint density at radius 1 is 1.11 bits per heavy atom. The fraction of sp³-hybridized carbons (Fsp3) is 0.250. The predicted molar refractivity (Wildman–Crippen MR) is 151 cm³/mol. The molecule has 0 atom stereocenters. The number of aryl methyl sites for hydroxylation is 1. The molecule has 1 aliphatic rings. The van der Waals surface area contributed by atoms with Gasteiger partial charge in [0.15, 0.2) is 0 Å². The summed E-state index contributed by atoms with van der Waals surface area (Å²) in [4.78, 5) is 27.0. The third-order valence-corrected chi connectivity index (χ3v) is 8.07. The normalized spacial score (nSPS) is 12.9. The second-order valence-electron chi connectivity index (χ2n) is 8.48. The van der Waals surface area contributed by atoms with Crippen molar-refractivity contribution in [2.75, 3.05) is 11.9 Å². The summed E-state index contributed by atoms with van der Waals surface area (Å²) in [6.45, 7) is 2.13. The van der Waals surface area contributed by atoms with Gasteiger partial charge in [0, 0.05) is 15.5 Å². The molecule has 38 heavy (non-hydrogen) atoms. The van der Waals surface area contributed by atoms with Crippen LogP contribution in [0.4, 0.5) is 5.00 Å². The number of carbonyl (C=O) groups is 2. The molecule has 4 rings (SSSR count). The molecule has 1 aromatic heterocycles. The summed E-state index contributed by atoms with van der Waals surface area (Å²) < 4.78 is 11.2. The van der Waals surface area contributed by atoms with Gasteiger partial charge in [0.25, 0.3) is 5.91 Å². The minimum Gasteiger partial charge on any atom is -0.488 e. The second-order valence-corrected chi connectivity index (χ2v) is 10.8. The molecular formula is C28H23Cl3N2O4S. The number of carbonyl (C=O) groups excluding carboxylic acids is 2. The van der Waals surface area contributed by atoms with Crippen LogP contribution in [0.2, 0.25) is 15.1 Å². The minimum absolute atomic E-state index is 0.173. The third-order valence-electron chi connectivity index (χ3n) is 5.89. The lowest BCUT2D eigenvalue weighted by atomic mass is 9.95. The summed E-state index contributed by atoms with van der Waals surface area (Å²) in [7, 11) is 0. The number of benzene rings is 2. The predicted octanol–water partition coefficient (Wildman–Crippen LogP) is 7.89. The first-order chi connectivity index (χ1) is 18.3. The highest BCUT2D eigenvalue weighted by molar-refractivity contribution is 7.17. The van der Waals surface area contributed by atoms with Crippen LogP contribution in [0.3, 0.4) is 0 Å². The number of ether oxygens (including phenoxy) is 2. The molecule has 1 aliphatic carbocycles. The quantitative estimate of drug-likeness (QED) is 0.164. The van der Waals surface area contributed by atoms with E-state index in [-0.39, 0.29) is 18.8 Å². The van der Waals surface area contributed by atoms with Crippen LogP contribution >= 0.6 is 46.1 Å². The fourth-order valence-corrected chi connectivity index (χ4v) is 5.88. The number of nitrogens with one attached hydrogen (secondary N) is 1. The zero-order chi connectivity index (χ0) is 27.2. The average molecular weight is 590 g/mol. The number of hydrogen-bond donors (Lipinski definition) is 1. The maximum atomic E-state index is 13.2. The van der Waals surface area contributed by atoms with Crippen LogP contribution in [-0.2, 0) is 29.0 Å². The molecule has 1 heterocycles. The molecule has 1 amide bonds. The van der Waals surface area contributed by atoms with Gasteiger partial charge < -0.3 is 14.8 Å². The molecule has 196 valence electrons. The van der Waals surface area contributed by atoms with Gasteiger partial charge in [0.05, 0.1) is 22.2 Å². The first-order valence-electron chi connectivity index (χ1n) is 11.9. The van der Waals surface area contributed by atoms with Crippen LogP contribution in [0.15, 0.2) is 42.0 Å². The summed E-state index contributed by atoms with van der Waals surface area (Å²) in [6.07, 6.45) is 4.98. The van der Waals surface area contributed by atoms with Gasteiger partial charge in [-0.25, -0.2) is 4.79 Å². The Morgan fingerprint density at radius 2 is 1.89 bits per heavy atom.